The van der Waals surface area contributed by atoms with Gasteiger partial charge in [0.2, 0.25) is 10.0 Å². The summed E-state index contributed by atoms with van der Waals surface area (Å²) in [4.78, 5) is 39.5. The van der Waals surface area contributed by atoms with Gasteiger partial charge in [-0.25, -0.2) is 22.8 Å². The second-order valence-electron chi connectivity index (χ2n) is 8.28. The fourth-order valence-corrected chi connectivity index (χ4v) is 6.08. The summed E-state index contributed by atoms with van der Waals surface area (Å²) in [5.74, 6) is -0.908. The molecule has 3 aromatic carbocycles. The molecule has 0 unspecified atom stereocenters. The number of benzene rings is 3. The number of anilines is 1. The van der Waals surface area contributed by atoms with Crippen molar-refractivity contribution < 1.29 is 27.9 Å². The van der Waals surface area contributed by atoms with Crippen LogP contribution in [-0.2, 0) is 10.0 Å². The van der Waals surface area contributed by atoms with E-state index >= 15 is 0 Å². The zero-order valence-electron chi connectivity index (χ0n) is 18.0. The number of hydrogen-bond acceptors (Lipinski definition) is 5. The lowest BCUT2D eigenvalue weighted by Gasteiger charge is -2.30. The fourth-order valence-electron chi connectivity index (χ4n) is 4.56. The van der Waals surface area contributed by atoms with Crippen LogP contribution in [0.3, 0.4) is 0 Å². The monoisotopic (exact) mass is 479 g/mol. The van der Waals surface area contributed by atoms with Crippen molar-refractivity contribution >= 4 is 44.4 Å². The summed E-state index contributed by atoms with van der Waals surface area (Å²) < 4.78 is 29.3. The molecule has 174 valence electrons. The molecule has 34 heavy (non-hydrogen) atoms. The number of carbonyl (C=O) groups is 3. The van der Waals surface area contributed by atoms with Crippen molar-refractivity contribution in [3.05, 3.63) is 71.8 Å². The summed E-state index contributed by atoms with van der Waals surface area (Å²) in [6, 6.07) is 15.8. The highest BCUT2D eigenvalue weighted by atomic mass is 32.2. The first-order valence-corrected chi connectivity index (χ1v) is 12.3. The highest BCUT2D eigenvalue weighted by Crippen LogP contribution is 2.36. The van der Waals surface area contributed by atoms with Crippen LogP contribution < -0.4 is 9.62 Å². The minimum atomic E-state index is -3.95. The topological polar surface area (TPSA) is 124 Å². The van der Waals surface area contributed by atoms with Crippen molar-refractivity contribution in [3.63, 3.8) is 0 Å². The second-order valence-corrected chi connectivity index (χ2v) is 9.97. The molecule has 0 aromatic heterocycles. The molecular formula is C24H21N3O6S. The number of hydrogen-bond donors (Lipinski definition) is 2. The second kappa shape index (κ2) is 8.23. The van der Waals surface area contributed by atoms with Gasteiger partial charge in [0.25, 0.3) is 11.8 Å². The van der Waals surface area contributed by atoms with Crippen molar-refractivity contribution in [2.75, 3.05) is 18.0 Å². The fraction of sp³-hybridized carbons (Fsp3) is 0.208. The number of imide groups is 1. The van der Waals surface area contributed by atoms with Gasteiger partial charge >= 0.3 is 6.09 Å². The van der Waals surface area contributed by atoms with Gasteiger partial charge in [0.05, 0.1) is 21.7 Å². The van der Waals surface area contributed by atoms with E-state index in [0.29, 0.717) is 40.4 Å². The van der Waals surface area contributed by atoms with E-state index < -0.39 is 34.0 Å². The SMILES string of the molecule is O=C(O)N1CCC(NS(=O)(=O)c2ccc(N3C(=O)c4ccccc4C3=O)c3ccccc23)CC1. The van der Waals surface area contributed by atoms with E-state index in [1.54, 1.807) is 48.5 Å². The molecule has 0 bridgehead atoms. The number of carbonyl (C=O) groups excluding carboxylic acids is 2. The molecule has 2 heterocycles. The molecule has 0 aliphatic carbocycles. The molecule has 0 spiro atoms. The normalized spacial score (nSPS) is 16.8. The van der Waals surface area contributed by atoms with Gasteiger partial charge in [-0.1, -0.05) is 36.4 Å². The minimum Gasteiger partial charge on any atom is -0.465 e. The van der Waals surface area contributed by atoms with E-state index in [4.69, 9.17) is 5.11 Å². The highest BCUT2D eigenvalue weighted by molar-refractivity contribution is 7.89. The minimum absolute atomic E-state index is 0.0316. The van der Waals surface area contributed by atoms with Gasteiger partial charge in [-0.15, -0.1) is 0 Å². The average Bonchev–Trinajstić information content (AvgIpc) is 3.08. The molecule has 5 rings (SSSR count). The van der Waals surface area contributed by atoms with Gasteiger partial charge in [0.15, 0.2) is 0 Å². The number of fused-ring (bicyclic) bond motifs is 2. The molecule has 1 saturated heterocycles. The van der Waals surface area contributed by atoms with Gasteiger partial charge in [0, 0.05) is 29.9 Å². The zero-order chi connectivity index (χ0) is 24.0. The number of nitrogens with one attached hydrogen (secondary N) is 1. The molecule has 3 aromatic rings. The molecular weight excluding hydrogens is 458 g/mol. The Balaban J connectivity index is 1.50. The van der Waals surface area contributed by atoms with Crippen LogP contribution in [0.1, 0.15) is 33.6 Å². The molecule has 2 aliphatic heterocycles. The van der Waals surface area contributed by atoms with Gasteiger partial charge in [-0.3, -0.25) is 9.59 Å². The summed E-state index contributed by atoms with van der Waals surface area (Å²) in [5, 5.41) is 9.94. The first kappa shape index (κ1) is 22.1. The summed E-state index contributed by atoms with van der Waals surface area (Å²) in [6.07, 6.45) is -0.274. The molecule has 0 radical (unpaired) electrons. The standard InChI is InChI=1S/C24H21N3O6S/c28-22-18-7-3-4-8-19(18)23(29)27(22)20-9-10-21(17-6-2-1-5-16(17)20)34(32,33)25-15-11-13-26(14-12-15)24(30)31/h1-10,15,25H,11-14H2,(H,30,31). The maximum absolute atomic E-state index is 13.3. The number of carboxylic acid groups (broad SMARTS) is 1. The van der Waals surface area contributed by atoms with Crippen LogP contribution >= 0.6 is 0 Å². The van der Waals surface area contributed by atoms with Gasteiger partial charge in [-0.05, 0) is 37.1 Å². The average molecular weight is 480 g/mol. The Morgan fingerprint density at radius 1 is 0.853 bits per heavy atom. The van der Waals surface area contributed by atoms with Crippen LogP contribution in [0, 0.1) is 0 Å². The van der Waals surface area contributed by atoms with Crippen LogP contribution in [0.2, 0.25) is 0 Å². The lowest BCUT2D eigenvalue weighted by molar-refractivity contribution is 0.0926. The number of sulfonamides is 1. The van der Waals surface area contributed by atoms with Crippen molar-refractivity contribution in [1.82, 2.24) is 9.62 Å². The lowest BCUT2D eigenvalue weighted by atomic mass is 10.1. The Hall–Kier alpha value is -3.76. The molecule has 3 amide bonds. The Kier molecular flexibility index (Phi) is 5.34. The molecule has 0 atom stereocenters. The van der Waals surface area contributed by atoms with Crippen molar-refractivity contribution in [2.45, 2.75) is 23.8 Å². The molecule has 0 saturated carbocycles. The summed E-state index contributed by atoms with van der Waals surface area (Å²) in [6.45, 7) is 0.504. The third-order valence-corrected chi connectivity index (χ3v) is 7.85. The van der Waals surface area contributed by atoms with Crippen molar-refractivity contribution in [2.24, 2.45) is 0 Å². The summed E-state index contributed by atoms with van der Waals surface area (Å²) in [7, 11) is -3.95. The molecule has 2 aliphatic rings. The van der Waals surface area contributed by atoms with Crippen LogP contribution in [-0.4, -0.2) is 55.5 Å². The summed E-state index contributed by atoms with van der Waals surface area (Å²) in [5.41, 5.74) is 0.931. The van der Waals surface area contributed by atoms with Crippen LogP contribution in [0.15, 0.2) is 65.6 Å². The number of nitrogens with zero attached hydrogens (tertiary/aromatic N) is 2. The zero-order valence-corrected chi connectivity index (χ0v) is 18.8. The number of likely N-dealkylation sites (tertiary alicyclic amines) is 1. The van der Waals surface area contributed by atoms with Gasteiger partial charge in [-0.2, -0.15) is 0 Å². The molecule has 1 fully saturated rings. The van der Waals surface area contributed by atoms with Gasteiger partial charge in [0.1, 0.15) is 0 Å². The van der Waals surface area contributed by atoms with E-state index in [1.165, 1.54) is 17.0 Å². The highest BCUT2D eigenvalue weighted by Gasteiger charge is 2.37. The van der Waals surface area contributed by atoms with Crippen LogP contribution in [0.25, 0.3) is 10.8 Å². The summed E-state index contributed by atoms with van der Waals surface area (Å²) >= 11 is 0. The Morgan fingerprint density at radius 2 is 1.41 bits per heavy atom. The predicted molar refractivity (Wildman–Crippen MR) is 124 cm³/mol. The van der Waals surface area contributed by atoms with E-state index in [-0.39, 0.29) is 18.0 Å². The van der Waals surface area contributed by atoms with Crippen LogP contribution in [0.5, 0.6) is 0 Å². The van der Waals surface area contributed by atoms with E-state index in [0.717, 1.165) is 4.90 Å². The number of piperidine rings is 1. The number of amides is 3. The maximum atomic E-state index is 13.3. The third-order valence-electron chi connectivity index (χ3n) is 6.27. The smallest absolute Gasteiger partial charge is 0.407 e. The predicted octanol–water partition coefficient (Wildman–Crippen LogP) is 3.06. The van der Waals surface area contributed by atoms with E-state index in [1.807, 2.05) is 0 Å². The first-order chi connectivity index (χ1) is 16.3. The third kappa shape index (κ3) is 3.61. The molecule has 2 N–H and O–H groups in total. The Labute approximate surface area is 195 Å². The molecule has 10 heteroatoms. The molecule has 9 nitrogen and oxygen atoms in total. The van der Waals surface area contributed by atoms with Crippen molar-refractivity contribution in [3.8, 4) is 0 Å². The lowest BCUT2D eigenvalue weighted by Crippen LogP contribution is -2.46. The van der Waals surface area contributed by atoms with E-state index in [2.05, 4.69) is 4.72 Å². The Morgan fingerprint density at radius 3 is 2.00 bits per heavy atom. The largest absolute Gasteiger partial charge is 0.465 e. The van der Waals surface area contributed by atoms with Gasteiger partial charge < -0.3 is 10.0 Å². The van der Waals surface area contributed by atoms with Crippen molar-refractivity contribution in [1.29, 1.82) is 0 Å². The Bertz CT molecular complexity index is 1410. The van der Waals surface area contributed by atoms with E-state index in [9.17, 15) is 22.8 Å². The quantitative estimate of drug-likeness (QED) is 0.555. The first-order valence-electron chi connectivity index (χ1n) is 10.8. The van der Waals surface area contributed by atoms with Crippen LogP contribution in [0.4, 0.5) is 10.5 Å². The maximum Gasteiger partial charge on any atom is 0.407 e. The number of rotatable bonds is 4.